The number of esters is 1. The minimum atomic E-state index is -0.524. The van der Waals surface area contributed by atoms with E-state index in [0.717, 1.165) is 10.5 Å². The molecule has 0 aliphatic rings. The van der Waals surface area contributed by atoms with Crippen LogP contribution in [-0.2, 0) is 16.1 Å². The van der Waals surface area contributed by atoms with E-state index in [1.165, 1.54) is 4.90 Å². The number of halogens is 2. The third kappa shape index (κ3) is 5.66. The van der Waals surface area contributed by atoms with Crippen LogP contribution in [0.15, 0.2) is 47.4 Å². The number of carbonyl (C=O) groups excluding carboxylic acids is 2. The number of hydrogen-bond acceptors (Lipinski definition) is 4. The highest BCUT2D eigenvalue weighted by Crippen LogP contribution is 2.23. The largest absolute Gasteiger partial charge is 0.452 e. The molecule has 7 heteroatoms. The van der Waals surface area contributed by atoms with Gasteiger partial charge in [-0.05, 0) is 48.2 Å². The molecule has 0 aromatic heterocycles. The van der Waals surface area contributed by atoms with Crippen molar-refractivity contribution in [3.8, 4) is 0 Å². The Morgan fingerprint density at radius 3 is 2.36 bits per heavy atom. The van der Waals surface area contributed by atoms with Crippen molar-refractivity contribution in [3.05, 3.63) is 63.6 Å². The topological polar surface area (TPSA) is 46.6 Å². The number of likely N-dealkylation sites (N-methyl/N-ethyl adjacent to an activating group) is 1. The zero-order chi connectivity index (χ0) is 18.4. The number of rotatable bonds is 6. The van der Waals surface area contributed by atoms with E-state index in [-0.39, 0.29) is 12.5 Å². The average Bonchev–Trinajstić information content (AvgIpc) is 2.62. The molecule has 0 saturated carbocycles. The average molecular weight is 398 g/mol. The molecule has 0 fully saturated rings. The van der Waals surface area contributed by atoms with Crippen LogP contribution in [0.3, 0.4) is 0 Å². The Hall–Kier alpha value is -1.69. The van der Waals surface area contributed by atoms with E-state index in [2.05, 4.69) is 0 Å². The van der Waals surface area contributed by atoms with Gasteiger partial charge >= 0.3 is 5.97 Å². The Labute approximate surface area is 161 Å². The summed E-state index contributed by atoms with van der Waals surface area (Å²) in [6, 6.07) is 12.2. The Balaban J connectivity index is 1.87. The van der Waals surface area contributed by atoms with Crippen LogP contribution in [0.25, 0.3) is 0 Å². The van der Waals surface area contributed by atoms with Crippen molar-refractivity contribution in [2.75, 3.05) is 19.9 Å². The number of benzene rings is 2. The summed E-state index contributed by atoms with van der Waals surface area (Å²) < 4.78 is 5.08. The van der Waals surface area contributed by atoms with Gasteiger partial charge in [0.25, 0.3) is 5.91 Å². The highest BCUT2D eigenvalue weighted by Gasteiger charge is 2.14. The molecule has 0 N–H and O–H groups in total. The number of nitrogens with zero attached hydrogens (tertiary/aromatic N) is 1. The van der Waals surface area contributed by atoms with Gasteiger partial charge in [-0.3, -0.25) is 4.79 Å². The van der Waals surface area contributed by atoms with Crippen LogP contribution in [0.1, 0.15) is 15.9 Å². The first-order valence-electron chi connectivity index (χ1n) is 7.39. The van der Waals surface area contributed by atoms with E-state index in [0.29, 0.717) is 22.2 Å². The Morgan fingerprint density at radius 2 is 1.76 bits per heavy atom. The molecular weight excluding hydrogens is 381 g/mol. The second kappa shape index (κ2) is 9.13. The predicted molar refractivity (Wildman–Crippen MR) is 101 cm³/mol. The monoisotopic (exact) mass is 397 g/mol. The first-order valence-corrected chi connectivity index (χ1v) is 9.38. The van der Waals surface area contributed by atoms with Gasteiger partial charge in [-0.1, -0.05) is 29.3 Å². The maximum atomic E-state index is 12.1. The van der Waals surface area contributed by atoms with Crippen molar-refractivity contribution < 1.29 is 14.3 Å². The van der Waals surface area contributed by atoms with Gasteiger partial charge in [-0.15, -0.1) is 11.8 Å². The van der Waals surface area contributed by atoms with Crippen LogP contribution in [0.5, 0.6) is 0 Å². The van der Waals surface area contributed by atoms with Crippen LogP contribution in [0.4, 0.5) is 0 Å². The van der Waals surface area contributed by atoms with Gasteiger partial charge < -0.3 is 9.64 Å². The highest BCUT2D eigenvalue weighted by molar-refractivity contribution is 7.98. The first-order chi connectivity index (χ1) is 11.9. The molecule has 25 heavy (non-hydrogen) atoms. The number of hydrogen-bond donors (Lipinski definition) is 0. The Morgan fingerprint density at radius 1 is 1.08 bits per heavy atom. The van der Waals surface area contributed by atoms with Gasteiger partial charge in [0.15, 0.2) is 6.61 Å². The van der Waals surface area contributed by atoms with Crippen LogP contribution in [-0.4, -0.2) is 36.7 Å². The third-order valence-corrected chi connectivity index (χ3v) is 4.96. The molecule has 0 heterocycles. The molecule has 0 bridgehead atoms. The van der Waals surface area contributed by atoms with E-state index >= 15 is 0 Å². The van der Waals surface area contributed by atoms with Crippen molar-refractivity contribution in [3.63, 3.8) is 0 Å². The molecule has 0 spiro atoms. The number of ether oxygens (including phenoxy) is 1. The Bertz CT molecular complexity index is 765. The van der Waals surface area contributed by atoms with E-state index in [1.807, 2.05) is 18.4 Å². The molecule has 0 radical (unpaired) electrons. The summed E-state index contributed by atoms with van der Waals surface area (Å²) in [6.45, 7) is 0.0244. The maximum Gasteiger partial charge on any atom is 0.338 e. The van der Waals surface area contributed by atoms with Crippen LogP contribution < -0.4 is 0 Å². The molecule has 2 aromatic carbocycles. The van der Waals surface area contributed by atoms with Gasteiger partial charge in [-0.25, -0.2) is 4.79 Å². The van der Waals surface area contributed by atoms with Crippen LogP contribution >= 0.6 is 35.0 Å². The third-order valence-electron chi connectivity index (χ3n) is 3.48. The van der Waals surface area contributed by atoms with Gasteiger partial charge in [0.05, 0.1) is 15.6 Å². The summed E-state index contributed by atoms with van der Waals surface area (Å²) in [7, 11) is 1.63. The van der Waals surface area contributed by atoms with Crippen molar-refractivity contribution in [1.29, 1.82) is 0 Å². The number of thioether (sulfide) groups is 1. The van der Waals surface area contributed by atoms with E-state index in [4.69, 9.17) is 27.9 Å². The lowest BCUT2D eigenvalue weighted by Gasteiger charge is -2.17. The van der Waals surface area contributed by atoms with Gasteiger partial charge in [-0.2, -0.15) is 0 Å². The minimum Gasteiger partial charge on any atom is -0.452 e. The van der Waals surface area contributed by atoms with Crippen LogP contribution in [0, 0.1) is 0 Å². The SMILES string of the molecule is CSc1ccc(C(=O)OCC(=O)N(C)Cc2ccc(Cl)c(Cl)c2)cc1. The number of carbonyl (C=O) groups is 2. The highest BCUT2D eigenvalue weighted by atomic mass is 35.5. The molecular formula is C18H17Cl2NO3S. The predicted octanol–water partition coefficient (Wildman–Crippen LogP) is 4.53. The fraction of sp³-hybridized carbons (Fsp3) is 0.222. The fourth-order valence-corrected chi connectivity index (χ4v) is 2.78. The van der Waals surface area contributed by atoms with Crippen molar-refractivity contribution >= 4 is 46.8 Å². The van der Waals surface area contributed by atoms with Gasteiger partial charge in [0.2, 0.25) is 0 Å². The summed E-state index contributed by atoms with van der Waals surface area (Å²) in [5.74, 6) is -0.830. The summed E-state index contributed by atoms with van der Waals surface area (Å²) in [5, 5.41) is 0.890. The standard InChI is InChI=1S/C18H17Cl2NO3S/c1-21(10-12-3-8-15(19)16(20)9-12)17(22)11-24-18(23)13-4-6-14(25-2)7-5-13/h3-9H,10-11H2,1-2H3. The molecule has 0 atom stereocenters. The minimum absolute atomic E-state index is 0.305. The van der Waals surface area contributed by atoms with E-state index < -0.39 is 5.97 Å². The zero-order valence-electron chi connectivity index (χ0n) is 13.8. The second-order valence-electron chi connectivity index (χ2n) is 5.30. The van der Waals surface area contributed by atoms with E-state index in [1.54, 1.807) is 49.1 Å². The quantitative estimate of drug-likeness (QED) is 0.530. The second-order valence-corrected chi connectivity index (χ2v) is 7.00. The summed E-state index contributed by atoms with van der Waals surface area (Å²) >= 11 is 13.4. The Kier molecular flexibility index (Phi) is 7.17. The smallest absolute Gasteiger partial charge is 0.338 e. The normalized spacial score (nSPS) is 10.4. The summed E-state index contributed by atoms with van der Waals surface area (Å²) in [4.78, 5) is 26.6. The fourth-order valence-electron chi connectivity index (χ4n) is 2.05. The molecule has 2 rings (SSSR count). The molecule has 4 nitrogen and oxygen atoms in total. The molecule has 0 aliphatic carbocycles. The lowest BCUT2D eigenvalue weighted by molar-refractivity contribution is -0.133. The van der Waals surface area contributed by atoms with Crippen molar-refractivity contribution in [2.45, 2.75) is 11.4 Å². The van der Waals surface area contributed by atoms with Crippen molar-refractivity contribution in [2.24, 2.45) is 0 Å². The molecule has 1 amide bonds. The summed E-state index contributed by atoms with van der Waals surface area (Å²) in [6.07, 6.45) is 1.95. The lowest BCUT2D eigenvalue weighted by Crippen LogP contribution is -2.30. The van der Waals surface area contributed by atoms with Crippen LogP contribution in [0.2, 0.25) is 10.0 Å². The first kappa shape index (κ1) is 19.6. The molecule has 0 aliphatic heterocycles. The number of amides is 1. The molecule has 0 saturated heterocycles. The van der Waals surface area contributed by atoms with Gasteiger partial charge in [0.1, 0.15) is 0 Å². The zero-order valence-corrected chi connectivity index (χ0v) is 16.1. The lowest BCUT2D eigenvalue weighted by atomic mass is 10.2. The van der Waals surface area contributed by atoms with E-state index in [9.17, 15) is 9.59 Å². The van der Waals surface area contributed by atoms with Crippen molar-refractivity contribution in [1.82, 2.24) is 4.90 Å². The molecule has 132 valence electrons. The maximum absolute atomic E-state index is 12.1. The van der Waals surface area contributed by atoms with Gasteiger partial charge in [0, 0.05) is 18.5 Å². The molecule has 0 unspecified atom stereocenters. The summed E-state index contributed by atoms with van der Waals surface area (Å²) in [5.41, 5.74) is 1.25. The molecule has 2 aromatic rings.